The van der Waals surface area contributed by atoms with Crippen molar-refractivity contribution >= 4 is 5.97 Å². The number of carbonyl (C=O) groups excluding carboxylic acids is 1. The van der Waals surface area contributed by atoms with Gasteiger partial charge in [0.25, 0.3) is 0 Å². The van der Waals surface area contributed by atoms with Crippen LogP contribution in [0, 0.1) is 0 Å². The van der Waals surface area contributed by atoms with E-state index in [0.717, 1.165) is 33.0 Å². The first kappa shape index (κ1) is 14.5. The molecule has 0 N–H and O–H groups in total. The molecular weight excluding hydrogens is 252 g/mol. The minimum absolute atomic E-state index is 0.214. The van der Waals surface area contributed by atoms with E-state index in [1.54, 1.807) is 0 Å². The van der Waals surface area contributed by atoms with Gasteiger partial charge in [-0.1, -0.05) is 6.58 Å². The summed E-state index contributed by atoms with van der Waals surface area (Å²) in [7, 11) is 1.35. The Hall–Kier alpha value is -0.950. The predicted octanol–water partition coefficient (Wildman–Crippen LogP) is 0.305. The summed E-state index contributed by atoms with van der Waals surface area (Å²) in [4.78, 5) is 10.7. The van der Waals surface area contributed by atoms with Crippen LogP contribution >= 0.6 is 0 Å². The van der Waals surface area contributed by atoms with Gasteiger partial charge in [0.1, 0.15) is 12.2 Å². The van der Waals surface area contributed by atoms with Crippen molar-refractivity contribution in [2.45, 2.75) is 24.7 Å². The fraction of sp³-hybridized carbons (Fsp3) is 0.769. The molecule has 0 radical (unpaired) electrons. The Morgan fingerprint density at radius 3 is 1.95 bits per heavy atom. The number of esters is 1. The number of methoxy groups -OCH3 is 1. The molecule has 0 spiro atoms. The van der Waals surface area contributed by atoms with Gasteiger partial charge in [0.15, 0.2) is 0 Å². The van der Waals surface area contributed by atoms with Gasteiger partial charge in [-0.3, -0.25) is 0 Å². The number of ether oxygens (including phenoxy) is 5. The molecule has 3 fully saturated rings. The van der Waals surface area contributed by atoms with E-state index in [2.05, 4.69) is 11.3 Å². The Morgan fingerprint density at radius 2 is 1.58 bits per heavy atom. The molecule has 108 valence electrons. The average molecular weight is 272 g/mol. The van der Waals surface area contributed by atoms with Crippen LogP contribution in [-0.4, -0.2) is 64.4 Å². The predicted molar refractivity (Wildman–Crippen MR) is 65.8 cm³/mol. The molecule has 0 bridgehead atoms. The summed E-state index contributed by atoms with van der Waals surface area (Å²) >= 11 is 0. The van der Waals surface area contributed by atoms with Crippen molar-refractivity contribution in [3.63, 3.8) is 0 Å². The minimum atomic E-state index is -0.337. The largest absolute Gasteiger partial charge is 0.466 e. The van der Waals surface area contributed by atoms with Crippen molar-refractivity contribution in [3.05, 3.63) is 12.2 Å². The lowest BCUT2D eigenvalue weighted by Crippen LogP contribution is -2.06. The third-order valence-electron chi connectivity index (χ3n) is 2.76. The first-order chi connectivity index (χ1) is 9.19. The summed E-state index contributed by atoms with van der Waals surface area (Å²) in [6.07, 6.45) is 1.60. The van der Waals surface area contributed by atoms with Crippen molar-refractivity contribution in [2.24, 2.45) is 0 Å². The number of epoxide rings is 3. The van der Waals surface area contributed by atoms with E-state index < -0.39 is 0 Å². The second kappa shape index (κ2) is 7.00. The highest BCUT2D eigenvalue weighted by atomic mass is 16.6. The third kappa shape index (κ3) is 6.68. The summed E-state index contributed by atoms with van der Waals surface area (Å²) < 4.78 is 24.5. The van der Waals surface area contributed by atoms with Crippen molar-refractivity contribution in [1.29, 1.82) is 0 Å². The zero-order valence-electron chi connectivity index (χ0n) is 11.1. The lowest BCUT2D eigenvalue weighted by molar-refractivity contribution is -0.136. The van der Waals surface area contributed by atoms with Gasteiger partial charge in [0.05, 0.1) is 46.2 Å². The van der Waals surface area contributed by atoms with Gasteiger partial charge in [-0.15, -0.1) is 0 Å². The van der Waals surface area contributed by atoms with Gasteiger partial charge in [-0.2, -0.15) is 0 Å². The van der Waals surface area contributed by atoms with Crippen LogP contribution in [0.5, 0.6) is 0 Å². The SMILES string of the molecule is C(OCC1CO1)C1CO1.C=C(CC1CO1)C(=O)OC. The van der Waals surface area contributed by atoms with Gasteiger partial charge in [-0.25, -0.2) is 4.79 Å². The summed E-state index contributed by atoms with van der Waals surface area (Å²) in [6.45, 7) is 7.56. The molecule has 3 saturated heterocycles. The minimum Gasteiger partial charge on any atom is -0.466 e. The van der Waals surface area contributed by atoms with E-state index in [1.165, 1.54) is 7.11 Å². The first-order valence-corrected chi connectivity index (χ1v) is 6.37. The Bertz CT molecular complexity index is 305. The van der Waals surface area contributed by atoms with Crippen LogP contribution < -0.4 is 0 Å². The monoisotopic (exact) mass is 272 g/mol. The number of rotatable bonds is 7. The maximum Gasteiger partial charge on any atom is 0.333 e. The quantitative estimate of drug-likeness (QED) is 0.377. The highest BCUT2D eigenvalue weighted by Crippen LogP contribution is 2.18. The molecule has 3 atom stereocenters. The molecule has 0 aromatic rings. The van der Waals surface area contributed by atoms with Crippen LogP contribution in [0.2, 0.25) is 0 Å². The van der Waals surface area contributed by atoms with Crippen molar-refractivity contribution in [1.82, 2.24) is 0 Å². The molecule has 0 aromatic carbocycles. The van der Waals surface area contributed by atoms with Gasteiger partial charge in [0, 0.05) is 12.0 Å². The zero-order chi connectivity index (χ0) is 13.7. The fourth-order valence-corrected chi connectivity index (χ4v) is 1.35. The van der Waals surface area contributed by atoms with E-state index in [0.29, 0.717) is 24.2 Å². The average Bonchev–Trinajstić information content (AvgIpc) is 3.26. The van der Waals surface area contributed by atoms with Crippen molar-refractivity contribution < 1.29 is 28.5 Å². The normalized spacial score (nSPS) is 29.8. The molecule has 3 rings (SSSR count). The molecule has 6 nitrogen and oxygen atoms in total. The van der Waals surface area contributed by atoms with E-state index >= 15 is 0 Å². The van der Waals surface area contributed by atoms with Crippen LogP contribution in [0.3, 0.4) is 0 Å². The molecule has 3 unspecified atom stereocenters. The van der Waals surface area contributed by atoms with Gasteiger partial charge in [0.2, 0.25) is 0 Å². The summed E-state index contributed by atoms with van der Waals surface area (Å²) in [5.74, 6) is -0.337. The molecule has 3 aliphatic heterocycles. The smallest absolute Gasteiger partial charge is 0.333 e. The fourth-order valence-electron chi connectivity index (χ4n) is 1.35. The molecule has 6 heteroatoms. The van der Waals surface area contributed by atoms with Crippen molar-refractivity contribution in [3.8, 4) is 0 Å². The van der Waals surface area contributed by atoms with Crippen LogP contribution in [0.4, 0.5) is 0 Å². The molecule has 0 aromatic heterocycles. The first-order valence-electron chi connectivity index (χ1n) is 6.37. The number of hydrogen-bond acceptors (Lipinski definition) is 6. The summed E-state index contributed by atoms with van der Waals surface area (Å²) in [5.41, 5.74) is 0.491. The summed E-state index contributed by atoms with van der Waals surface area (Å²) in [5, 5.41) is 0. The highest BCUT2D eigenvalue weighted by molar-refractivity contribution is 5.87. The topological polar surface area (TPSA) is 73.1 Å². The number of hydrogen-bond donors (Lipinski definition) is 0. The Kier molecular flexibility index (Phi) is 5.33. The van der Waals surface area contributed by atoms with E-state index in [4.69, 9.17) is 18.9 Å². The summed E-state index contributed by atoms with van der Waals surface area (Å²) in [6, 6.07) is 0. The molecule has 0 amide bonds. The van der Waals surface area contributed by atoms with Crippen molar-refractivity contribution in [2.75, 3.05) is 40.1 Å². The van der Waals surface area contributed by atoms with Crippen LogP contribution in [0.1, 0.15) is 6.42 Å². The van der Waals surface area contributed by atoms with Gasteiger partial charge < -0.3 is 23.7 Å². The standard InChI is InChI=1S/C7H10O3.C6H10O3/c1-5(7(8)9-2)3-6-4-10-6;1(5-3-8-5)7-2-6-4-9-6/h6H,1,3-4H2,2H3;5-6H,1-4H2. The molecule has 0 aliphatic carbocycles. The molecule has 19 heavy (non-hydrogen) atoms. The second-order valence-electron chi connectivity index (χ2n) is 4.70. The maximum absolute atomic E-state index is 10.7. The van der Waals surface area contributed by atoms with Crippen LogP contribution in [-0.2, 0) is 28.5 Å². The highest BCUT2D eigenvalue weighted by Gasteiger charge is 2.26. The molecular formula is C13H20O6. The second-order valence-corrected chi connectivity index (χ2v) is 4.70. The molecule has 3 aliphatic rings. The third-order valence-corrected chi connectivity index (χ3v) is 2.76. The van der Waals surface area contributed by atoms with E-state index in [-0.39, 0.29) is 12.1 Å². The zero-order valence-corrected chi connectivity index (χ0v) is 11.1. The molecule has 3 heterocycles. The van der Waals surface area contributed by atoms with E-state index in [9.17, 15) is 4.79 Å². The molecule has 0 saturated carbocycles. The lowest BCUT2D eigenvalue weighted by Gasteiger charge is -1.98. The van der Waals surface area contributed by atoms with Gasteiger partial charge >= 0.3 is 5.97 Å². The van der Waals surface area contributed by atoms with Crippen LogP contribution in [0.25, 0.3) is 0 Å². The van der Waals surface area contributed by atoms with E-state index in [1.807, 2.05) is 0 Å². The number of carbonyl (C=O) groups is 1. The lowest BCUT2D eigenvalue weighted by atomic mass is 10.2. The Balaban J connectivity index is 0.000000141. The maximum atomic E-state index is 10.7. The Morgan fingerprint density at radius 1 is 1.11 bits per heavy atom. The Labute approximate surface area is 112 Å². The van der Waals surface area contributed by atoms with Gasteiger partial charge in [-0.05, 0) is 0 Å². The van der Waals surface area contributed by atoms with Crippen LogP contribution in [0.15, 0.2) is 12.2 Å².